The van der Waals surface area contributed by atoms with E-state index in [4.69, 9.17) is 9.72 Å². The van der Waals surface area contributed by atoms with Crippen LogP contribution in [0.25, 0.3) is 11.4 Å². The molecular formula is C25H26N6O. The Balaban J connectivity index is 1.41. The molecule has 2 aromatic carbocycles. The van der Waals surface area contributed by atoms with Crippen LogP contribution in [0, 0.1) is 0 Å². The first kappa shape index (κ1) is 20.2. The quantitative estimate of drug-likeness (QED) is 0.340. The zero-order chi connectivity index (χ0) is 21.8. The van der Waals surface area contributed by atoms with Crippen molar-refractivity contribution in [3.8, 4) is 22.9 Å². The van der Waals surface area contributed by atoms with Crippen molar-refractivity contribution in [1.82, 2.24) is 25.1 Å². The molecule has 0 atom stereocenters. The highest BCUT2D eigenvalue weighted by atomic mass is 16.5. The Morgan fingerprint density at radius 1 is 0.969 bits per heavy atom. The lowest BCUT2D eigenvalue weighted by atomic mass is 10.2. The van der Waals surface area contributed by atoms with E-state index in [9.17, 15) is 0 Å². The van der Waals surface area contributed by atoms with E-state index >= 15 is 0 Å². The van der Waals surface area contributed by atoms with Crippen molar-refractivity contribution in [2.45, 2.75) is 44.9 Å². The molecule has 1 aliphatic carbocycles. The van der Waals surface area contributed by atoms with E-state index in [1.165, 1.54) is 0 Å². The third kappa shape index (κ3) is 4.94. The minimum atomic E-state index is 0.403. The molecule has 0 saturated heterocycles. The molecule has 4 aromatic rings. The molecule has 1 fully saturated rings. The van der Waals surface area contributed by atoms with Crippen molar-refractivity contribution in [2.75, 3.05) is 5.32 Å². The van der Waals surface area contributed by atoms with Gasteiger partial charge in [0.25, 0.3) is 0 Å². The van der Waals surface area contributed by atoms with Crippen LogP contribution >= 0.6 is 0 Å². The normalized spacial score (nSPS) is 13.2. The van der Waals surface area contributed by atoms with Crippen molar-refractivity contribution in [3.05, 3.63) is 72.2 Å². The van der Waals surface area contributed by atoms with Crippen LogP contribution in [0.4, 0.5) is 11.8 Å². The smallest absolute Gasteiger partial charge is 0.232 e. The lowest BCUT2D eigenvalue weighted by Crippen LogP contribution is -2.05. The predicted molar refractivity (Wildman–Crippen MR) is 124 cm³/mol. The summed E-state index contributed by atoms with van der Waals surface area (Å²) in [4.78, 5) is 14.1. The largest absolute Gasteiger partial charge is 0.457 e. The summed E-state index contributed by atoms with van der Waals surface area (Å²) in [7, 11) is 0. The summed E-state index contributed by atoms with van der Waals surface area (Å²) in [6, 6.07) is 19.6. The zero-order valence-electron chi connectivity index (χ0n) is 18.1. The number of H-pyrrole nitrogens is 1. The summed E-state index contributed by atoms with van der Waals surface area (Å²) in [6.07, 6.45) is 5.49. The van der Waals surface area contributed by atoms with Crippen molar-refractivity contribution in [3.63, 3.8) is 0 Å². The Labute approximate surface area is 187 Å². The number of hydrogen-bond donors (Lipinski definition) is 2. The molecular weight excluding hydrogens is 400 g/mol. The highest BCUT2D eigenvalue weighted by Gasteiger charge is 2.28. The number of rotatable bonds is 9. The van der Waals surface area contributed by atoms with E-state index in [1.54, 1.807) is 0 Å². The topological polar surface area (TPSA) is 88.6 Å². The zero-order valence-corrected chi connectivity index (χ0v) is 18.1. The van der Waals surface area contributed by atoms with E-state index in [2.05, 4.69) is 32.4 Å². The second kappa shape index (κ2) is 9.18. The minimum Gasteiger partial charge on any atom is -0.457 e. The summed E-state index contributed by atoms with van der Waals surface area (Å²) in [5, 5.41) is 10.7. The molecule has 0 unspecified atom stereocenters. The van der Waals surface area contributed by atoms with Crippen molar-refractivity contribution in [2.24, 2.45) is 0 Å². The fourth-order valence-electron chi connectivity index (χ4n) is 3.46. The van der Waals surface area contributed by atoms with Gasteiger partial charge in [-0.25, -0.2) is 4.98 Å². The molecule has 2 heterocycles. The highest BCUT2D eigenvalue weighted by Crippen LogP contribution is 2.39. The molecule has 1 aliphatic rings. The molecule has 5 rings (SSSR count). The number of benzene rings is 2. The number of aromatic amines is 1. The van der Waals surface area contributed by atoms with Gasteiger partial charge in [-0.05, 0) is 49.9 Å². The monoisotopic (exact) mass is 426 g/mol. The summed E-state index contributed by atoms with van der Waals surface area (Å²) in [5.74, 6) is 4.62. The number of hydrogen-bond acceptors (Lipinski definition) is 6. The van der Waals surface area contributed by atoms with Gasteiger partial charge in [0.2, 0.25) is 5.95 Å². The first-order valence-electron chi connectivity index (χ1n) is 11.2. The van der Waals surface area contributed by atoms with Gasteiger partial charge in [0, 0.05) is 23.2 Å². The van der Waals surface area contributed by atoms with Gasteiger partial charge < -0.3 is 10.1 Å². The number of aromatic nitrogens is 5. The summed E-state index contributed by atoms with van der Waals surface area (Å²) in [6.45, 7) is 2.18. The van der Waals surface area contributed by atoms with Crippen molar-refractivity contribution < 1.29 is 4.74 Å². The third-order valence-corrected chi connectivity index (χ3v) is 5.34. The lowest BCUT2D eigenvalue weighted by Gasteiger charge is -2.09. The molecule has 7 nitrogen and oxygen atoms in total. The van der Waals surface area contributed by atoms with Gasteiger partial charge in [-0.3, -0.25) is 5.10 Å². The molecule has 0 aliphatic heterocycles. The van der Waals surface area contributed by atoms with Crippen LogP contribution in [-0.2, 0) is 6.42 Å². The van der Waals surface area contributed by atoms with Gasteiger partial charge in [-0.15, -0.1) is 0 Å². The van der Waals surface area contributed by atoms with Crippen LogP contribution in [-0.4, -0.2) is 25.1 Å². The number of aryl methyl sites for hydroxylation is 1. The second-order valence-electron chi connectivity index (χ2n) is 8.07. The molecule has 2 N–H and O–H groups in total. The van der Waals surface area contributed by atoms with Gasteiger partial charge in [0.05, 0.1) is 0 Å². The van der Waals surface area contributed by atoms with E-state index in [0.29, 0.717) is 17.7 Å². The van der Waals surface area contributed by atoms with Gasteiger partial charge in [-0.2, -0.15) is 15.1 Å². The predicted octanol–water partition coefficient (Wildman–Crippen LogP) is 6.02. The molecule has 0 spiro atoms. The van der Waals surface area contributed by atoms with Crippen LogP contribution in [0.1, 0.15) is 50.0 Å². The second-order valence-corrected chi connectivity index (χ2v) is 8.07. The summed E-state index contributed by atoms with van der Waals surface area (Å²) in [5.41, 5.74) is 1.99. The minimum absolute atomic E-state index is 0.403. The summed E-state index contributed by atoms with van der Waals surface area (Å²) >= 11 is 0. The highest BCUT2D eigenvalue weighted by molar-refractivity contribution is 5.60. The van der Waals surface area contributed by atoms with Crippen LogP contribution in [0.15, 0.2) is 60.7 Å². The molecule has 7 heteroatoms. The number of ether oxygens (including phenoxy) is 1. The SMILES string of the molecule is CCCCc1cc(Nc2nc(-c3cccc(Oc4ccccc4)c3)nc(C3CC3)n2)n[nH]1. The third-order valence-electron chi connectivity index (χ3n) is 5.34. The standard InChI is InChI=1S/C25H26N6O/c1-2-3-9-19-16-22(31-30-19)26-25-28-23(17-13-14-17)27-24(29-25)18-8-7-12-21(15-18)32-20-10-5-4-6-11-20/h4-8,10-12,15-17H,2-3,9,13-14H2,1H3,(H2,26,27,28,29,30,31). The maximum absolute atomic E-state index is 5.99. The Bertz CT molecular complexity index is 1190. The Morgan fingerprint density at radius 2 is 1.81 bits per heavy atom. The lowest BCUT2D eigenvalue weighted by molar-refractivity contribution is 0.483. The Hall–Kier alpha value is -3.74. The Morgan fingerprint density at radius 3 is 2.62 bits per heavy atom. The molecule has 0 radical (unpaired) electrons. The maximum Gasteiger partial charge on any atom is 0.232 e. The molecule has 2 aromatic heterocycles. The molecule has 1 saturated carbocycles. The van der Waals surface area contributed by atoms with Crippen LogP contribution in [0.2, 0.25) is 0 Å². The van der Waals surface area contributed by atoms with E-state index in [0.717, 1.165) is 66.5 Å². The van der Waals surface area contributed by atoms with Crippen LogP contribution in [0.5, 0.6) is 11.5 Å². The van der Waals surface area contributed by atoms with Gasteiger partial charge in [0.1, 0.15) is 17.3 Å². The number of unbranched alkanes of at least 4 members (excludes halogenated alkanes) is 1. The molecule has 0 amide bonds. The number of anilines is 2. The summed E-state index contributed by atoms with van der Waals surface area (Å²) < 4.78 is 5.99. The van der Waals surface area contributed by atoms with E-state index in [-0.39, 0.29) is 0 Å². The van der Waals surface area contributed by atoms with Gasteiger partial charge >= 0.3 is 0 Å². The van der Waals surface area contributed by atoms with Gasteiger partial charge in [-0.1, -0.05) is 43.7 Å². The average molecular weight is 427 g/mol. The maximum atomic E-state index is 5.99. The molecule has 162 valence electrons. The average Bonchev–Trinajstić information content (AvgIpc) is 3.59. The van der Waals surface area contributed by atoms with Gasteiger partial charge in [0.15, 0.2) is 11.6 Å². The fourth-order valence-corrected chi connectivity index (χ4v) is 3.46. The van der Waals surface area contributed by atoms with E-state index in [1.807, 2.05) is 60.7 Å². The first-order valence-corrected chi connectivity index (χ1v) is 11.2. The van der Waals surface area contributed by atoms with Crippen LogP contribution in [0.3, 0.4) is 0 Å². The number of nitrogens with one attached hydrogen (secondary N) is 2. The van der Waals surface area contributed by atoms with Crippen LogP contribution < -0.4 is 10.1 Å². The molecule has 32 heavy (non-hydrogen) atoms. The van der Waals surface area contributed by atoms with Crippen molar-refractivity contribution in [1.29, 1.82) is 0 Å². The number of nitrogens with zero attached hydrogens (tertiary/aromatic N) is 4. The van der Waals surface area contributed by atoms with E-state index < -0.39 is 0 Å². The number of para-hydroxylation sites is 1. The van der Waals surface area contributed by atoms with Crippen molar-refractivity contribution >= 4 is 11.8 Å². The Kier molecular flexibility index (Phi) is 5.79. The fraction of sp³-hybridized carbons (Fsp3) is 0.280. The molecule has 0 bridgehead atoms. The first-order chi connectivity index (χ1) is 15.8.